The number of carbonyl (C=O) groups is 1. The minimum atomic E-state index is -0.728. The van der Waals surface area contributed by atoms with Crippen molar-refractivity contribution in [1.82, 2.24) is 9.80 Å². The first-order chi connectivity index (χ1) is 8.47. The Morgan fingerprint density at radius 2 is 1.83 bits per heavy atom. The molecule has 0 aromatic rings. The van der Waals surface area contributed by atoms with Crippen LogP contribution in [0.25, 0.3) is 0 Å². The van der Waals surface area contributed by atoms with E-state index in [1.165, 1.54) is 25.7 Å². The van der Waals surface area contributed by atoms with Crippen LogP contribution in [0.1, 0.15) is 46.0 Å². The van der Waals surface area contributed by atoms with Gasteiger partial charge in [-0.3, -0.25) is 9.69 Å². The molecule has 1 N–H and O–H groups in total. The third kappa shape index (κ3) is 9.42. The molecule has 0 fully saturated rings. The van der Waals surface area contributed by atoms with E-state index in [-0.39, 0.29) is 6.54 Å². The van der Waals surface area contributed by atoms with Crippen molar-refractivity contribution in [3.63, 3.8) is 0 Å². The first kappa shape index (κ1) is 17.4. The summed E-state index contributed by atoms with van der Waals surface area (Å²) in [6.45, 7) is 6.24. The Morgan fingerprint density at radius 3 is 2.33 bits per heavy atom. The second-order valence-corrected chi connectivity index (χ2v) is 5.37. The maximum absolute atomic E-state index is 10.9. The molecule has 0 saturated carbocycles. The van der Waals surface area contributed by atoms with E-state index >= 15 is 0 Å². The van der Waals surface area contributed by atoms with Crippen LogP contribution >= 0.6 is 0 Å². The van der Waals surface area contributed by atoms with Crippen LogP contribution in [0, 0.1) is 0 Å². The molecule has 4 nitrogen and oxygen atoms in total. The van der Waals surface area contributed by atoms with Gasteiger partial charge in [-0.1, -0.05) is 32.6 Å². The fourth-order valence-electron chi connectivity index (χ4n) is 2.01. The Morgan fingerprint density at radius 1 is 1.17 bits per heavy atom. The summed E-state index contributed by atoms with van der Waals surface area (Å²) in [5, 5.41) is 8.95. The summed E-state index contributed by atoms with van der Waals surface area (Å²) in [6.07, 6.45) is 6.08. The topological polar surface area (TPSA) is 43.8 Å². The molecule has 0 saturated heterocycles. The van der Waals surface area contributed by atoms with Crippen LogP contribution in [0.2, 0.25) is 0 Å². The van der Waals surface area contributed by atoms with Gasteiger partial charge < -0.3 is 10.0 Å². The molecular weight excluding hydrogens is 228 g/mol. The van der Waals surface area contributed by atoms with E-state index in [0.717, 1.165) is 19.5 Å². The molecule has 0 aliphatic heterocycles. The zero-order chi connectivity index (χ0) is 14.0. The third-order valence-electron chi connectivity index (χ3n) is 3.27. The van der Waals surface area contributed by atoms with Gasteiger partial charge in [0.2, 0.25) is 0 Å². The van der Waals surface area contributed by atoms with E-state index in [0.29, 0.717) is 6.04 Å². The zero-order valence-corrected chi connectivity index (χ0v) is 12.5. The summed E-state index contributed by atoms with van der Waals surface area (Å²) in [5.74, 6) is -0.728. The number of aliphatic carboxylic acids is 1. The van der Waals surface area contributed by atoms with Crippen molar-refractivity contribution in [3.05, 3.63) is 0 Å². The fourth-order valence-corrected chi connectivity index (χ4v) is 2.01. The molecule has 0 spiro atoms. The summed E-state index contributed by atoms with van der Waals surface area (Å²) in [6, 6.07) is 0.359. The van der Waals surface area contributed by atoms with Crippen LogP contribution in [0.4, 0.5) is 0 Å². The Hall–Kier alpha value is -0.610. The average molecular weight is 258 g/mol. The van der Waals surface area contributed by atoms with Gasteiger partial charge in [0.25, 0.3) is 0 Å². The predicted molar refractivity (Wildman–Crippen MR) is 76.0 cm³/mol. The molecule has 0 radical (unpaired) electrons. The van der Waals surface area contributed by atoms with Gasteiger partial charge in [-0.2, -0.15) is 0 Å². The smallest absolute Gasteiger partial charge is 0.317 e. The lowest BCUT2D eigenvalue weighted by Crippen LogP contribution is -2.41. The van der Waals surface area contributed by atoms with Crippen molar-refractivity contribution in [2.75, 3.05) is 33.7 Å². The number of carboxylic acids is 1. The van der Waals surface area contributed by atoms with Crippen LogP contribution in [0.5, 0.6) is 0 Å². The van der Waals surface area contributed by atoms with Crippen LogP contribution in [0.15, 0.2) is 0 Å². The van der Waals surface area contributed by atoms with E-state index in [4.69, 9.17) is 5.11 Å². The molecule has 1 atom stereocenters. The largest absolute Gasteiger partial charge is 0.480 e. The van der Waals surface area contributed by atoms with Gasteiger partial charge in [0.1, 0.15) is 0 Å². The van der Waals surface area contributed by atoms with E-state index in [1.807, 2.05) is 14.1 Å². The van der Waals surface area contributed by atoms with Crippen molar-refractivity contribution in [2.45, 2.75) is 52.0 Å². The molecular formula is C14H30N2O2. The van der Waals surface area contributed by atoms with Gasteiger partial charge in [-0.05, 0) is 27.4 Å². The molecule has 0 rings (SSSR count). The lowest BCUT2D eigenvalue weighted by molar-refractivity contribution is -0.138. The number of likely N-dealkylation sites (N-methyl/N-ethyl adjacent to an activating group) is 1. The molecule has 0 bridgehead atoms. The number of hydrogen-bond acceptors (Lipinski definition) is 3. The SMILES string of the molecule is CCCCCCC(C)N(CCN(C)C)CC(=O)O. The highest BCUT2D eigenvalue weighted by molar-refractivity contribution is 5.69. The van der Waals surface area contributed by atoms with Crippen LogP contribution < -0.4 is 0 Å². The summed E-state index contributed by atoms with van der Waals surface area (Å²) < 4.78 is 0. The zero-order valence-electron chi connectivity index (χ0n) is 12.5. The number of carboxylic acid groups (broad SMARTS) is 1. The van der Waals surface area contributed by atoms with Gasteiger partial charge >= 0.3 is 5.97 Å². The first-order valence-electron chi connectivity index (χ1n) is 7.08. The van der Waals surface area contributed by atoms with E-state index in [2.05, 4.69) is 23.6 Å². The van der Waals surface area contributed by atoms with Gasteiger partial charge in [-0.25, -0.2) is 0 Å². The molecule has 0 aromatic heterocycles. The minimum absolute atomic E-state index is 0.156. The van der Waals surface area contributed by atoms with Gasteiger partial charge in [0.05, 0.1) is 6.54 Å². The van der Waals surface area contributed by atoms with E-state index < -0.39 is 5.97 Å². The van der Waals surface area contributed by atoms with Crippen LogP contribution in [-0.2, 0) is 4.79 Å². The number of hydrogen-bond donors (Lipinski definition) is 1. The molecule has 18 heavy (non-hydrogen) atoms. The van der Waals surface area contributed by atoms with Gasteiger partial charge in [-0.15, -0.1) is 0 Å². The molecule has 1 unspecified atom stereocenters. The highest BCUT2D eigenvalue weighted by Gasteiger charge is 2.16. The van der Waals surface area contributed by atoms with Crippen molar-refractivity contribution in [3.8, 4) is 0 Å². The lowest BCUT2D eigenvalue weighted by atomic mass is 10.1. The molecule has 0 heterocycles. The second-order valence-electron chi connectivity index (χ2n) is 5.37. The quantitative estimate of drug-likeness (QED) is 0.578. The van der Waals surface area contributed by atoms with Crippen molar-refractivity contribution < 1.29 is 9.90 Å². The Labute approximate surface area is 112 Å². The molecule has 0 amide bonds. The minimum Gasteiger partial charge on any atom is -0.480 e. The van der Waals surface area contributed by atoms with Crippen molar-refractivity contribution in [1.29, 1.82) is 0 Å². The standard InChI is InChI=1S/C14H30N2O2/c1-5-6-7-8-9-13(2)16(12-14(17)18)11-10-15(3)4/h13H,5-12H2,1-4H3,(H,17,18). The monoisotopic (exact) mass is 258 g/mol. The highest BCUT2D eigenvalue weighted by Crippen LogP contribution is 2.10. The lowest BCUT2D eigenvalue weighted by Gasteiger charge is -2.28. The van der Waals surface area contributed by atoms with E-state index in [1.54, 1.807) is 0 Å². The van der Waals surface area contributed by atoms with Crippen molar-refractivity contribution in [2.24, 2.45) is 0 Å². The van der Waals surface area contributed by atoms with E-state index in [9.17, 15) is 4.79 Å². The molecule has 4 heteroatoms. The average Bonchev–Trinajstić information content (AvgIpc) is 2.29. The number of nitrogens with zero attached hydrogens (tertiary/aromatic N) is 2. The predicted octanol–water partition coefficient (Wildman–Crippen LogP) is 2.29. The summed E-state index contributed by atoms with van der Waals surface area (Å²) >= 11 is 0. The van der Waals surface area contributed by atoms with Gasteiger partial charge in [0, 0.05) is 19.1 Å². The Kier molecular flexibility index (Phi) is 9.98. The van der Waals surface area contributed by atoms with Crippen LogP contribution in [0.3, 0.4) is 0 Å². The number of rotatable bonds is 11. The summed E-state index contributed by atoms with van der Waals surface area (Å²) in [7, 11) is 4.04. The molecule has 0 aromatic carbocycles. The number of unbranched alkanes of at least 4 members (excludes halogenated alkanes) is 3. The summed E-state index contributed by atoms with van der Waals surface area (Å²) in [4.78, 5) is 15.1. The maximum Gasteiger partial charge on any atom is 0.317 e. The maximum atomic E-state index is 10.9. The Balaban J connectivity index is 4.04. The highest BCUT2D eigenvalue weighted by atomic mass is 16.4. The molecule has 108 valence electrons. The molecule has 0 aliphatic carbocycles. The van der Waals surface area contributed by atoms with Crippen molar-refractivity contribution >= 4 is 5.97 Å². The Bertz CT molecular complexity index is 220. The van der Waals surface area contributed by atoms with Gasteiger partial charge in [0.15, 0.2) is 0 Å². The first-order valence-corrected chi connectivity index (χ1v) is 7.08. The fraction of sp³-hybridized carbons (Fsp3) is 0.929. The third-order valence-corrected chi connectivity index (χ3v) is 3.27. The van der Waals surface area contributed by atoms with Crippen LogP contribution in [-0.4, -0.2) is 60.6 Å². The molecule has 0 aliphatic rings. The normalized spacial score (nSPS) is 13.2. The second kappa shape index (κ2) is 10.3. The summed E-state index contributed by atoms with van der Waals surface area (Å²) in [5.41, 5.74) is 0.